The first kappa shape index (κ1) is 49.1. The number of carbonyl (C=O) groups excluding carboxylic acids is 2. The van der Waals surface area contributed by atoms with Crippen LogP contribution in [0.1, 0.15) is 84.1 Å². The summed E-state index contributed by atoms with van der Waals surface area (Å²) in [6.07, 6.45) is 30.3. The molecule has 332 valence electrons. The number of aliphatic hydroxyl groups is 1. The van der Waals surface area contributed by atoms with Crippen LogP contribution in [0.25, 0.3) is 0 Å². The number of nitrogens with one attached hydrogen (secondary N) is 2. The van der Waals surface area contributed by atoms with Crippen LogP contribution in [-0.4, -0.2) is 80.7 Å². The highest BCUT2D eigenvalue weighted by Gasteiger charge is 2.44. The predicted molar refractivity (Wildman–Crippen MR) is 243 cm³/mol. The lowest BCUT2D eigenvalue weighted by Gasteiger charge is -2.31. The van der Waals surface area contributed by atoms with Crippen molar-refractivity contribution in [1.29, 1.82) is 0 Å². The monoisotopic (exact) mass is 857 g/mol. The number of rotatable bonds is 26. The molecule has 2 amide bonds. The van der Waals surface area contributed by atoms with E-state index in [0.717, 1.165) is 50.5 Å². The Bertz CT molecular complexity index is 1890. The van der Waals surface area contributed by atoms with Crippen LogP contribution in [-0.2, 0) is 35.4 Å². The molecular weight excluding hydrogens is 791 g/mol. The van der Waals surface area contributed by atoms with Crippen molar-refractivity contribution in [3.05, 3.63) is 133 Å². The molecule has 2 saturated heterocycles. The summed E-state index contributed by atoms with van der Waals surface area (Å²) >= 11 is 0. The van der Waals surface area contributed by atoms with E-state index in [9.17, 15) is 23.1 Å². The zero-order chi connectivity index (χ0) is 43.7. The quantitative estimate of drug-likeness (QED) is 0.0796. The minimum Gasteiger partial charge on any atom is -0.443 e. The first-order chi connectivity index (χ1) is 29.6. The fourth-order valence-electron chi connectivity index (χ4n) is 6.97. The maximum atomic E-state index is 14.0. The van der Waals surface area contributed by atoms with Crippen LogP contribution in [0.4, 0.5) is 10.5 Å². The topological polar surface area (TPSA) is 144 Å². The Morgan fingerprint density at radius 2 is 1.41 bits per heavy atom. The average molecular weight is 858 g/mol. The Balaban J connectivity index is 1.22. The molecule has 11 nitrogen and oxygen atoms in total. The number of anilines is 1. The maximum Gasteiger partial charge on any atom is 0.407 e. The van der Waals surface area contributed by atoms with Gasteiger partial charge in [0.05, 0.1) is 36.2 Å². The van der Waals surface area contributed by atoms with Crippen molar-refractivity contribution in [3.8, 4) is 0 Å². The number of sulfonamides is 1. The van der Waals surface area contributed by atoms with Gasteiger partial charge in [0.1, 0.15) is 6.10 Å². The van der Waals surface area contributed by atoms with E-state index in [-0.39, 0.29) is 61.5 Å². The Morgan fingerprint density at radius 3 is 2.00 bits per heavy atom. The number of hydrogen-bond acceptors (Lipinski definition) is 8. The molecule has 0 bridgehead atoms. The number of hydrogen-bond donors (Lipinski definition) is 3. The number of allylic oxidation sites excluding steroid dienone is 12. The number of nitrogens with zero attached hydrogens (tertiary/aromatic N) is 1. The van der Waals surface area contributed by atoms with Crippen LogP contribution < -0.4 is 10.6 Å². The SMILES string of the molecule is CCC=CCC=CCC=CCC=CCC=CCC=CCCC(=O)Nc1ccc(S(=O)(=O)N(CC(C)C)C[C@@H](O)[C@H](Cc2ccccc2)NC(=O)O[C@H]2CO[C@H]3OCC[C@H]32)cc1. The molecule has 61 heavy (non-hydrogen) atoms. The predicted octanol–water partition coefficient (Wildman–Crippen LogP) is 9.21. The molecule has 0 spiro atoms. The van der Waals surface area contributed by atoms with E-state index >= 15 is 0 Å². The molecule has 2 aliphatic heterocycles. The molecule has 2 heterocycles. The summed E-state index contributed by atoms with van der Waals surface area (Å²) in [5, 5.41) is 17.3. The molecule has 0 saturated carbocycles. The van der Waals surface area contributed by atoms with Gasteiger partial charge in [0.25, 0.3) is 0 Å². The molecule has 2 aromatic rings. The third kappa shape index (κ3) is 18.1. The first-order valence-corrected chi connectivity index (χ1v) is 23.2. The second-order valence-electron chi connectivity index (χ2n) is 15.7. The van der Waals surface area contributed by atoms with E-state index in [1.165, 1.54) is 16.4 Å². The lowest BCUT2D eigenvalue weighted by atomic mass is 10.0. The Morgan fingerprint density at radius 1 is 0.820 bits per heavy atom. The highest BCUT2D eigenvalue weighted by molar-refractivity contribution is 7.89. The summed E-state index contributed by atoms with van der Waals surface area (Å²) in [5.74, 6) is -0.286. The smallest absolute Gasteiger partial charge is 0.407 e. The molecule has 0 aliphatic carbocycles. The fraction of sp³-hybridized carbons (Fsp3) is 0.469. The Labute approximate surface area is 364 Å². The van der Waals surface area contributed by atoms with E-state index in [0.29, 0.717) is 18.7 Å². The van der Waals surface area contributed by atoms with Gasteiger partial charge >= 0.3 is 6.09 Å². The summed E-state index contributed by atoms with van der Waals surface area (Å²) in [5.41, 5.74) is 1.34. The summed E-state index contributed by atoms with van der Waals surface area (Å²) in [6, 6.07) is 14.5. The van der Waals surface area contributed by atoms with Gasteiger partial charge in [-0.05, 0) is 93.5 Å². The van der Waals surface area contributed by atoms with Crippen LogP contribution in [0.2, 0.25) is 0 Å². The van der Waals surface area contributed by atoms with E-state index in [2.05, 4.69) is 78.3 Å². The normalized spacial score (nSPS) is 19.4. The molecule has 3 N–H and O–H groups in total. The molecule has 5 atom stereocenters. The van der Waals surface area contributed by atoms with Crippen molar-refractivity contribution in [2.75, 3.05) is 31.6 Å². The molecule has 2 aliphatic rings. The van der Waals surface area contributed by atoms with E-state index < -0.39 is 34.4 Å². The van der Waals surface area contributed by atoms with Crippen molar-refractivity contribution in [2.45, 2.75) is 114 Å². The lowest BCUT2D eigenvalue weighted by Crippen LogP contribution is -2.51. The van der Waals surface area contributed by atoms with Gasteiger partial charge < -0.3 is 30.0 Å². The minimum absolute atomic E-state index is 0.0258. The number of amides is 2. The highest BCUT2D eigenvalue weighted by Crippen LogP contribution is 2.33. The molecule has 0 unspecified atom stereocenters. The van der Waals surface area contributed by atoms with Crippen molar-refractivity contribution < 1.29 is 37.3 Å². The van der Waals surface area contributed by atoms with Gasteiger partial charge in [0, 0.05) is 25.2 Å². The average Bonchev–Trinajstić information content (AvgIpc) is 3.87. The van der Waals surface area contributed by atoms with E-state index in [4.69, 9.17) is 14.2 Å². The van der Waals surface area contributed by atoms with Crippen LogP contribution >= 0.6 is 0 Å². The van der Waals surface area contributed by atoms with Crippen molar-refractivity contribution in [2.24, 2.45) is 11.8 Å². The van der Waals surface area contributed by atoms with Crippen molar-refractivity contribution >= 4 is 27.7 Å². The lowest BCUT2D eigenvalue weighted by molar-refractivity contribution is -0.116. The van der Waals surface area contributed by atoms with Crippen molar-refractivity contribution in [1.82, 2.24) is 9.62 Å². The Hall–Kier alpha value is -4.59. The van der Waals surface area contributed by atoms with Gasteiger partial charge in [-0.15, -0.1) is 0 Å². The van der Waals surface area contributed by atoms with Crippen molar-refractivity contribution in [3.63, 3.8) is 0 Å². The standard InChI is InChI=1S/C49H67N3O8S/c1-4-5-6-7-8-9-10-11-12-13-14-15-16-17-18-19-20-21-25-28-47(54)50-41-29-31-42(32-30-41)61(56,57)52(36-39(2)3)37-45(53)44(35-40-26-23-22-24-27-40)51-49(55)60-46-38-59-48-43(46)33-34-58-48/h5-6,8-9,11-12,14-15,17-18,20-24,26-27,29-32,39,43-46,48,53H,4,7,10,13,16,19,25,28,33-38H2,1-3H3,(H,50,54)(H,51,55)/t43-,44-,45+,46-,48+/m0/s1. The van der Waals surface area contributed by atoms with Crippen LogP contribution in [0.3, 0.4) is 0 Å². The summed E-state index contributed by atoms with van der Waals surface area (Å²) in [7, 11) is -4.08. The van der Waals surface area contributed by atoms with E-state index in [1.807, 2.05) is 56.3 Å². The zero-order valence-corrected chi connectivity index (χ0v) is 37.0. The van der Waals surface area contributed by atoms with Gasteiger partial charge in [-0.2, -0.15) is 4.31 Å². The molecular formula is C49H67N3O8S. The number of ether oxygens (including phenoxy) is 3. The first-order valence-electron chi connectivity index (χ1n) is 21.8. The van der Waals surface area contributed by atoms with Crippen LogP contribution in [0.15, 0.2) is 132 Å². The number of benzene rings is 2. The zero-order valence-electron chi connectivity index (χ0n) is 36.1. The van der Waals surface area contributed by atoms with Crippen LogP contribution in [0.5, 0.6) is 0 Å². The number of fused-ring (bicyclic) bond motifs is 1. The van der Waals surface area contributed by atoms with Gasteiger partial charge in [-0.3, -0.25) is 4.79 Å². The highest BCUT2D eigenvalue weighted by atomic mass is 32.2. The van der Waals surface area contributed by atoms with Gasteiger partial charge in [-0.1, -0.05) is 124 Å². The number of alkyl carbamates (subject to hydrolysis) is 1. The summed E-state index contributed by atoms with van der Waals surface area (Å²) in [6.45, 7) is 6.56. The molecule has 0 aromatic heterocycles. The van der Waals surface area contributed by atoms with Crippen LogP contribution in [0, 0.1) is 11.8 Å². The second-order valence-corrected chi connectivity index (χ2v) is 17.7. The number of aliphatic hydroxyl groups excluding tert-OH is 1. The molecule has 2 aromatic carbocycles. The third-order valence-electron chi connectivity index (χ3n) is 10.2. The second kappa shape index (κ2) is 27.4. The van der Waals surface area contributed by atoms with Gasteiger partial charge in [0.2, 0.25) is 15.9 Å². The van der Waals surface area contributed by atoms with Gasteiger partial charge in [-0.25, -0.2) is 13.2 Å². The third-order valence-corrected chi connectivity index (χ3v) is 12.0. The van der Waals surface area contributed by atoms with Gasteiger partial charge in [0.15, 0.2) is 6.29 Å². The molecule has 4 rings (SSSR count). The fourth-order valence-corrected chi connectivity index (χ4v) is 8.59. The molecule has 0 radical (unpaired) electrons. The molecule has 2 fully saturated rings. The number of carbonyl (C=O) groups is 2. The Kier molecular flexibility index (Phi) is 22.0. The summed E-state index contributed by atoms with van der Waals surface area (Å²) < 4.78 is 46.2. The van der Waals surface area contributed by atoms with E-state index in [1.54, 1.807) is 12.1 Å². The minimum atomic E-state index is -4.08. The summed E-state index contributed by atoms with van der Waals surface area (Å²) in [4.78, 5) is 25.9. The largest absolute Gasteiger partial charge is 0.443 e. The molecule has 12 heteroatoms. The maximum absolute atomic E-state index is 14.0.